The topological polar surface area (TPSA) is 149 Å². The molecule has 0 radical (unpaired) electrons. The summed E-state index contributed by atoms with van der Waals surface area (Å²) in [5, 5.41) is 0.556. The van der Waals surface area contributed by atoms with Gasteiger partial charge in [-0.1, -0.05) is 29.8 Å². The number of amides is 3. The van der Waals surface area contributed by atoms with Crippen LogP contribution in [0.15, 0.2) is 48.0 Å². The van der Waals surface area contributed by atoms with Crippen LogP contribution in [0.1, 0.15) is 44.2 Å². The fraction of sp³-hybridized carbons (Fsp3) is 0.350. The zero-order valence-corrected chi connectivity index (χ0v) is 32.5. The van der Waals surface area contributed by atoms with Crippen molar-refractivity contribution in [3.63, 3.8) is 0 Å². The predicted molar refractivity (Wildman–Crippen MR) is 206 cm³/mol. The van der Waals surface area contributed by atoms with Gasteiger partial charge in [-0.3, -0.25) is 4.79 Å². The molecule has 3 aromatic carbocycles. The van der Waals surface area contributed by atoms with Gasteiger partial charge in [-0.25, -0.2) is 14.4 Å². The Kier molecular flexibility index (Phi) is 11.5. The summed E-state index contributed by atoms with van der Waals surface area (Å²) in [6.45, 7) is 2.61. The van der Waals surface area contributed by atoms with Crippen LogP contribution in [0, 0.1) is 6.92 Å². The Labute approximate surface area is 323 Å². The van der Waals surface area contributed by atoms with E-state index in [1.54, 1.807) is 36.2 Å². The fourth-order valence-corrected chi connectivity index (χ4v) is 7.09. The quantitative estimate of drug-likeness (QED) is 0.129. The van der Waals surface area contributed by atoms with Crippen molar-refractivity contribution in [2.75, 3.05) is 72.9 Å². The van der Waals surface area contributed by atoms with E-state index in [2.05, 4.69) is 4.98 Å². The van der Waals surface area contributed by atoms with Gasteiger partial charge in [0, 0.05) is 74.5 Å². The molecule has 0 bridgehead atoms. The summed E-state index contributed by atoms with van der Waals surface area (Å²) in [7, 11) is 8.96. The molecule has 15 heteroatoms. The number of hydrogen-bond acceptors (Lipinski definition) is 10. The van der Waals surface area contributed by atoms with Crippen LogP contribution in [-0.4, -0.2) is 107 Å². The second-order valence-electron chi connectivity index (χ2n) is 13.3. The number of aryl methyl sites for hydroxylation is 1. The van der Waals surface area contributed by atoms with Crippen molar-refractivity contribution in [1.29, 1.82) is 0 Å². The van der Waals surface area contributed by atoms with Gasteiger partial charge in [-0.15, -0.1) is 11.6 Å². The summed E-state index contributed by atoms with van der Waals surface area (Å²) in [6, 6.07) is 12.7. The zero-order chi connectivity index (χ0) is 39.6. The molecule has 6 rings (SSSR count). The Morgan fingerprint density at radius 2 is 1.58 bits per heavy atom. The van der Waals surface area contributed by atoms with Crippen molar-refractivity contribution >= 4 is 58.3 Å². The smallest absolute Gasteiger partial charge is 0.415 e. The monoisotopic (exact) mass is 774 g/mol. The number of hydrogen-bond donors (Lipinski definition) is 1. The van der Waals surface area contributed by atoms with E-state index in [1.807, 2.05) is 31.2 Å². The number of aromatic amines is 1. The van der Waals surface area contributed by atoms with Crippen molar-refractivity contribution in [2.45, 2.75) is 25.9 Å². The Bertz CT molecular complexity index is 2180. The van der Waals surface area contributed by atoms with Crippen LogP contribution in [0.3, 0.4) is 0 Å². The Hall–Kier alpha value is -5.89. The van der Waals surface area contributed by atoms with E-state index in [9.17, 15) is 19.2 Å². The summed E-state index contributed by atoms with van der Waals surface area (Å²) in [5.74, 6) is 0.417. The maximum atomic E-state index is 14.4. The van der Waals surface area contributed by atoms with Gasteiger partial charge in [-0.05, 0) is 41.8 Å². The molecule has 1 aliphatic heterocycles. The van der Waals surface area contributed by atoms with E-state index in [-0.39, 0.29) is 61.8 Å². The van der Waals surface area contributed by atoms with Crippen LogP contribution < -0.4 is 23.8 Å². The number of anilines is 1. The molecule has 0 saturated heterocycles. The molecule has 55 heavy (non-hydrogen) atoms. The molecule has 2 heterocycles. The SMILES string of the molecule is COC(=O)c1cc2c3c(cc(OC(=O)N(C)CCN(C)C(=O)OCc4ccc(C)cc4)c2[nH]1)N(C(=O)C1=Cc2cc(OC)c(OC)c(OC)c2C1)C[C@H]3CCl. The maximum absolute atomic E-state index is 14.4. The zero-order valence-electron chi connectivity index (χ0n) is 31.7. The maximum Gasteiger partial charge on any atom is 0.415 e. The van der Waals surface area contributed by atoms with Gasteiger partial charge in [-0.2, -0.15) is 0 Å². The molecule has 0 saturated carbocycles. The molecule has 1 atom stereocenters. The summed E-state index contributed by atoms with van der Waals surface area (Å²) in [5.41, 5.74) is 5.70. The first-order valence-corrected chi connectivity index (χ1v) is 18.0. The number of esters is 1. The third-order valence-corrected chi connectivity index (χ3v) is 10.2. The van der Waals surface area contributed by atoms with Gasteiger partial charge in [0.2, 0.25) is 5.75 Å². The van der Waals surface area contributed by atoms with Gasteiger partial charge in [0.15, 0.2) is 17.2 Å². The number of likely N-dealkylation sites (N-methyl/N-ethyl adjacent to an activating group) is 2. The summed E-state index contributed by atoms with van der Waals surface area (Å²) in [6.07, 6.45) is 0.797. The predicted octanol–water partition coefficient (Wildman–Crippen LogP) is 6.30. The number of carbonyl (C=O) groups is 4. The van der Waals surface area contributed by atoms with Crippen LogP contribution in [0.5, 0.6) is 23.0 Å². The van der Waals surface area contributed by atoms with E-state index in [0.717, 1.165) is 27.8 Å². The molecular formula is C40H43ClN4O10. The number of methoxy groups -OCH3 is 4. The van der Waals surface area contributed by atoms with E-state index in [0.29, 0.717) is 39.4 Å². The molecular weight excluding hydrogens is 732 g/mol. The van der Waals surface area contributed by atoms with E-state index < -0.39 is 18.2 Å². The highest BCUT2D eigenvalue weighted by molar-refractivity contribution is 6.20. The molecule has 4 aromatic rings. The van der Waals surface area contributed by atoms with Crippen LogP contribution in [0.4, 0.5) is 15.3 Å². The molecule has 1 N–H and O–H groups in total. The first kappa shape index (κ1) is 38.8. The van der Waals surface area contributed by atoms with Gasteiger partial charge in [0.1, 0.15) is 12.3 Å². The number of benzene rings is 3. The minimum absolute atomic E-state index is 0.0828. The number of ether oxygens (including phenoxy) is 6. The summed E-state index contributed by atoms with van der Waals surface area (Å²) >= 11 is 6.52. The molecule has 0 spiro atoms. The van der Waals surface area contributed by atoms with Crippen molar-refractivity contribution < 1.29 is 47.6 Å². The minimum Gasteiger partial charge on any atom is -0.493 e. The lowest BCUT2D eigenvalue weighted by Gasteiger charge is -2.22. The first-order chi connectivity index (χ1) is 26.4. The van der Waals surface area contributed by atoms with E-state index in [1.165, 1.54) is 45.3 Å². The summed E-state index contributed by atoms with van der Waals surface area (Å²) in [4.78, 5) is 60.6. The highest BCUT2D eigenvalue weighted by atomic mass is 35.5. The third-order valence-electron chi connectivity index (χ3n) is 9.85. The van der Waals surface area contributed by atoms with Crippen LogP contribution in [0.25, 0.3) is 17.0 Å². The van der Waals surface area contributed by atoms with Crippen molar-refractivity contribution in [2.24, 2.45) is 0 Å². The van der Waals surface area contributed by atoms with Crippen molar-refractivity contribution in [3.05, 3.63) is 81.5 Å². The molecule has 290 valence electrons. The molecule has 3 amide bonds. The minimum atomic E-state index is -0.731. The number of nitrogens with one attached hydrogen (secondary N) is 1. The highest BCUT2D eigenvalue weighted by Crippen LogP contribution is 2.49. The lowest BCUT2D eigenvalue weighted by atomic mass is 9.98. The average Bonchev–Trinajstić information content (AvgIpc) is 3.93. The fourth-order valence-electron chi connectivity index (χ4n) is 6.83. The van der Waals surface area contributed by atoms with E-state index in [4.69, 9.17) is 40.0 Å². The standard InChI is InChI=1S/C40H43ClN4O10/c1-22-8-10-23(11-9-22)21-54-39(48)43(2)12-13-44(3)40(49)55-31-18-30-33(28-17-29(38(47)53-7)42-34(28)31)26(19-41)20-45(30)37(46)25-14-24-16-32(50-4)36(52-6)35(51-5)27(24)15-25/h8-11,14,16-18,26,42H,12-13,15,19-21H2,1-7H3/t26-/m1/s1. The largest absolute Gasteiger partial charge is 0.493 e. The van der Waals surface area contributed by atoms with Crippen LogP contribution in [0.2, 0.25) is 0 Å². The van der Waals surface area contributed by atoms with Gasteiger partial charge in [0.25, 0.3) is 5.91 Å². The number of H-pyrrole nitrogens is 1. The van der Waals surface area contributed by atoms with Gasteiger partial charge < -0.3 is 48.1 Å². The van der Waals surface area contributed by atoms with Crippen molar-refractivity contribution in [3.8, 4) is 23.0 Å². The average molecular weight is 775 g/mol. The third kappa shape index (κ3) is 7.59. The Morgan fingerprint density at radius 3 is 2.22 bits per heavy atom. The lowest BCUT2D eigenvalue weighted by molar-refractivity contribution is -0.115. The van der Waals surface area contributed by atoms with Gasteiger partial charge in [0.05, 0.1) is 39.6 Å². The van der Waals surface area contributed by atoms with Crippen molar-refractivity contribution in [1.82, 2.24) is 14.8 Å². The molecule has 14 nitrogen and oxygen atoms in total. The second-order valence-corrected chi connectivity index (χ2v) is 13.7. The molecule has 0 unspecified atom stereocenters. The van der Waals surface area contributed by atoms with Crippen LogP contribution >= 0.6 is 11.6 Å². The number of carbonyl (C=O) groups excluding carboxylic acids is 4. The number of alkyl halides is 1. The summed E-state index contributed by atoms with van der Waals surface area (Å²) < 4.78 is 33.1. The molecule has 1 aliphatic carbocycles. The normalized spacial score (nSPS) is 14.1. The number of fused-ring (bicyclic) bond motifs is 4. The van der Waals surface area contributed by atoms with Gasteiger partial charge >= 0.3 is 18.2 Å². The second kappa shape index (κ2) is 16.2. The number of nitrogens with zero attached hydrogens (tertiary/aromatic N) is 3. The Morgan fingerprint density at radius 1 is 0.891 bits per heavy atom. The molecule has 0 fully saturated rings. The molecule has 2 aliphatic rings. The van der Waals surface area contributed by atoms with E-state index >= 15 is 0 Å². The number of rotatable bonds is 12. The highest BCUT2D eigenvalue weighted by Gasteiger charge is 2.38. The lowest BCUT2D eigenvalue weighted by Crippen LogP contribution is -2.38. The Balaban J connectivity index is 1.25. The molecule has 1 aromatic heterocycles. The number of halogens is 1. The first-order valence-electron chi connectivity index (χ1n) is 17.5. The number of aromatic nitrogens is 1. The van der Waals surface area contributed by atoms with Crippen LogP contribution in [-0.2, 0) is 27.3 Å².